The summed E-state index contributed by atoms with van der Waals surface area (Å²) in [5, 5.41) is 6.12. The highest BCUT2D eigenvalue weighted by Crippen LogP contribution is 2.44. The third-order valence-electron chi connectivity index (χ3n) is 10.0. The fourth-order valence-electron chi connectivity index (χ4n) is 7.42. The minimum Gasteiger partial charge on any atom is -0.246 e. The highest BCUT2D eigenvalue weighted by molar-refractivity contribution is 7.26. The van der Waals surface area contributed by atoms with Gasteiger partial charge in [0.05, 0.1) is 15.9 Å². The second-order valence-electron chi connectivity index (χ2n) is 13.3. The average molecular weight is 673 g/mol. The molecule has 0 unspecified atom stereocenters. The van der Waals surface area contributed by atoms with E-state index in [9.17, 15) is 0 Å². The molecule has 51 heavy (non-hydrogen) atoms. The molecule has 2 aliphatic rings. The van der Waals surface area contributed by atoms with Gasteiger partial charge in [-0.25, -0.2) is 19.9 Å². The van der Waals surface area contributed by atoms with Gasteiger partial charge in [-0.3, -0.25) is 0 Å². The SMILES string of the molecule is C1=CCCC(c2ccc(-c3nc(C4=CC=CCC4)nc(-c4cccc(-c5nc6cc7ccccc7cc6c6c5sc5ccccc56)c4)n3)cc2)=C1. The van der Waals surface area contributed by atoms with Crippen LogP contribution in [0.4, 0.5) is 0 Å². The van der Waals surface area contributed by atoms with Gasteiger partial charge in [-0.15, -0.1) is 11.3 Å². The first-order valence-corrected chi connectivity index (χ1v) is 18.4. The van der Waals surface area contributed by atoms with E-state index < -0.39 is 0 Å². The topological polar surface area (TPSA) is 51.6 Å². The summed E-state index contributed by atoms with van der Waals surface area (Å²) in [6.07, 6.45) is 17.0. The Hall–Kier alpha value is -6.04. The second kappa shape index (κ2) is 12.4. The molecule has 0 saturated carbocycles. The molecule has 3 heterocycles. The van der Waals surface area contributed by atoms with Gasteiger partial charge in [-0.2, -0.15) is 0 Å². The summed E-state index contributed by atoms with van der Waals surface area (Å²) < 4.78 is 2.45. The fourth-order valence-corrected chi connectivity index (χ4v) is 8.65. The molecule has 5 heteroatoms. The molecule has 4 nitrogen and oxygen atoms in total. The zero-order valence-electron chi connectivity index (χ0n) is 27.9. The number of aromatic nitrogens is 4. The van der Waals surface area contributed by atoms with Crippen molar-refractivity contribution in [3.05, 3.63) is 157 Å². The zero-order valence-corrected chi connectivity index (χ0v) is 28.7. The number of hydrogen-bond donors (Lipinski definition) is 0. The zero-order chi connectivity index (χ0) is 33.7. The maximum Gasteiger partial charge on any atom is 0.164 e. The van der Waals surface area contributed by atoms with Gasteiger partial charge in [0.1, 0.15) is 0 Å². The van der Waals surface area contributed by atoms with Crippen LogP contribution >= 0.6 is 11.3 Å². The van der Waals surface area contributed by atoms with Gasteiger partial charge in [0.2, 0.25) is 0 Å². The highest BCUT2D eigenvalue weighted by atomic mass is 32.1. The van der Waals surface area contributed by atoms with Crippen LogP contribution in [0.15, 0.2) is 146 Å². The number of thiophene rings is 1. The molecule has 0 saturated heterocycles. The lowest BCUT2D eigenvalue weighted by atomic mass is 9.96. The first kappa shape index (κ1) is 29.8. The molecule has 10 rings (SSSR count). The molecule has 2 aliphatic carbocycles. The molecule has 0 N–H and O–H groups in total. The first-order chi connectivity index (χ1) is 25.2. The Labute approximate surface area is 299 Å². The summed E-state index contributed by atoms with van der Waals surface area (Å²) in [6.45, 7) is 0. The number of fused-ring (bicyclic) bond motifs is 6. The van der Waals surface area contributed by atoms with E-state index in [4.69, 9.17) is 19.9 Å². The molecular weight excluding hydrogens is 641 g/mol. The maximum absolute atomic E-state index is 5.39. The van der Waals surface area contributed by atoms with Crippen molar-refractivity contribution in [2.24, 2.45) is 0 Å². The minimum absolute atomic E-state index is 0.663. The smallest absolute Gasteiger partial charge is 0.164 e. The van der Waals surface area contributed by atoms with Crippen LogP contribution in [0.3, 0.4) is 0 Å². The third kappa shape index (κ3) is 5.38. The van der Waals surface area contributed by atoms with Gasteiger partial charge in [0, 0.05) is 37.5 Å². The molecule has 8 aromatic rings. The monoisotopic (exact) mass is 672 g/mol. The van der Waals surface area contributed by atoms with Crippen molar-refractivity contribution in [2.45, 2.75) is 25.7 Å². The first-order valence-electron chi connectivity index (χ1n) is 17.6. The van der Waals surface area contributed by atoms with E-state index in [0.717, 1.165) is 65.0 Å². The van der Waals surface area contributed by atoms with Crippen molar-refractivity contribution >= 4 is 64.3 Å². The lowest BCUT2D eigenvalue weighted by Crippen LogP contribution is -2.04. The van der Waals surface area contributed by atoms with Crippen LogP contribution < -0.4 is 0 Å². The summed E-state index contributed by atoms with van der Waals surface area (Å²) in [6, 6.07) is 39.0. The largest absolute Gasteiger partial charge is 0.246 e. The molecule has 242 valence electrons. The Morgan fingerprint density at radius 3 is 1.94 bits per heavy atom. The van der Waals surface area contributed by atoms with Crippen LogP contribution in [-0.4, -0.2) is 19.9 Å². The Morgan fingerprint density at radius 1 is 0.490 bits per heavy atom. The van der Waals surface area contributed by atoms with Crippen LogP contribution in [0.2, 0.25) is 0 Å². The van der Waals surface area contributed by atoms with Crippen molar-refractivity contribution < 1.29 is 0 Å². The number of hydrogen-bond acceptors (Lipinski definition) is 5. The van der Waals surface area contributed by atoms with Gasteiger partial charge in [0.15, 0.2) is 17.5 Å². The van der Waals surface area contributed by atoms with Crippen LogP contribution in [-0.2, 0) is 0 Å². The van der Waals surface area contributed by atoms with E-state index in [-0.39, 0.29) is 0 Å². The van der Waals surface area contributed by atoms with E-state index in [2.05, 4.69) is 146 Å². The number of allylic oxidation sites excluding steroid dienone is 8. The lowest BCUT2D eigenvalue weighted by molar-refractivity contribution is 0.978. The summed E-state index contributed by atoms with van der Waals surface area (Å²) in [4.78, 5) is 20.6. The van der Waals surface area contributed by atoms with Crippen LogP contribution in [0, 0.1) is 0 Å². The van der Waals surface area contributed by atoms with E-state index in [0.29, 0.717) is 11.6 Å². The highest BCUT2D eigenvalue weighted by Gasteiger charge is 2.19. The fraction of sp³-hybridized carbons (Fsp3) is 0.0870. The standard InChI is InChI=1S/C46H32N4S/c1-3-12-29(13-4-1)30-22-24-32(25-23-30)45-48-44(31-14-5-2-6-15-31)49-46(50-45)36-19-11-18-35(26-36)42-43-41(37-20-9-10-21-40(37)51-43)38-27-33-16-7-8-17-34(33)28-39(38)47-42/h1-3,5,7-12,14,16-28H,4,6,13,15H2. The van der Waals surface area contributed by atoms with E-state index in [1.54, 1.807) is 0 Å². The molecule has 5 aromatic carbocycles. The van der Waals surface area contributed by atoms with Crippen molar-refractivity contribution in [3.8, 4) is 34.0 Å². The minimum atomic E-state index is 0.663. The molecule has 0 bridgehead atoms. The lowest BCUT2D eigenvalue weighted by Gasteiger charge is -2.13. The number of pyridine rings is 1. The van der Waals surface area contributed by atoms with E-state index in [1.165, 1.54) is 47.5 Å². The van der Waals surface area contributed by atoms with Crippen molar-refractivity contribution in [2.75, 3.05) is 0 Å². The van der Waals surface area contributed by atoms with Crippen LogP contribution in [0.1, 0.15) is 37.1 Å². The normalized spacial score (nSPS) is 14.4. The predicted octanol–water partition coefficient (Wildman–Crippen LogP) is 12.4. The molecule has 0 fully saturated rings. The summed E-state index contributed by atoms with van der Waals surface area (Å²) in [5.41, 5.74) is 8.67. The van der Waals surface area contributed by atoms with Gasteiger partial charge >= 0.3 is 0 Å². The predicted molar refractivity (Wildman–Crippen MR) is 215 cm³/mol. The van der Waals surface area contributed by atoms with Crippen molar-refractivity contribution in [1.82, 2.24) is 19.9 Å². The van der Waals surface area contributed by atoms with Gasteiger partial charge in [-0.1, -0.05) is 121 Å². The Bertz CT molecular complexity index is 2800. The van der Waals surface area contributed by atoms with Gasteiger partial charge in [0.25, 0.3) is 0 Å². The molecule has 0 aliphatic heterocycles. The number of nitrogens with zero attached hydrogens (tertiary/aromatic N) is 4. The number of rotatable bonds is 5. The van der Waals surface area contributed by atoms with E-state index in [1.807, 2.05) is 11.3 Å². The van der Waals surface area contributed by atoms with Crippen molar-refractivity contribution in [1.29, 1.82) is 0 Å². The van der Waals surface area contributed by atoms with Crippen LogP contribution in [0.25, 0.3) is 87.0 Å². The quantitative estimate of drug-likeness (QED) is 0.171. The summed E-state index contributed by atoms with van der Waals surface area (Å²) >= 11 is 1.81. The second-order valence-corrected chi connectivity index (χ2v) is 14.3. The molecule has 0 radical (unpaired) electrons. The average Bonchev–Trinajstić information content (AvgIpc) is 3.60. The van der Waals surface area contributed by atoms with Gasteiger partial charge < -0.3 is 0 Å². The molecule has 0 atom stereocenters. The Balaban J connectivity index is 1.14. The Morgan fingerprint density at radius 2 is 1.16 bits per heavy atom. The molecule has 0 spiro atoms. The summed E-state index contributed by atoms with van der Waals surface area (Å²) in [5.74, 6) is 2.08. The maximum atomic E-state index is 5.39. The van der Waals surface area contributed by atoms with Gasteiger partial charge in [-0.05, 0) is 77.4 Å². The number of benzene rings is 5. The third-order valence-corrected chi connectivity index (χ3v) is 11.2. The summed E-state index contributed by atoms with van der Waals surface area (Å²) in [7, 11) is 0. The molecule has 3 aromatic heterocycles. The molecule has 0 amide bonds. The van der Waals surface area contributed by atoms with Crippen LogP contribution in [0.5, 0.6) is 0 Å². The van der Waals surface area contributed by atoms with E-state index >= 15 is 0 Å². The molecular formula is C46H32N4S. The van der Waals surface area contributed by atoms with Crippen molar-refractivity contribution in [3.63, 3.8) is 0 Å². The Kier molecular flexibility index (Phi) is 7.24.